The van der Waals surface area contributed by atoms with Crippen LogP contribution in [0.15, 0.2) is 30.3 Å². The molecule has 11 heteroatoms. The van der Waals surface area contributed by atoms with Crippen LogP contribution in [-0.4, -0.2) is 30.5 Å². The highest BCUT2D eigenvalue weighted by molar-refractivity contribution is 7.88. The van der Waals surface area contributed by atoms with Gasteiger partial charge in [-0.1, -0.05) is 19.9 Å². The van der Waals surface area contributed by atoms with Crippen molar-refractivity contribution in [1.82, 2.24) is 4.98 Å². The Morgan fingerprint density at radius 3 is 2.29 bits per heavy atom. The molecule has 0 unspecified atom stereocenters. The third-order valence-corrected chi connectivity index (χ3v) is 6.25. The van der Waals surface area contributed by atoms with Crippen LogP contribution in [0.25, 0.3) is 10.9 Å². The van der Waals surface area contributed by atoms with Crippen LogP contribution >= 0.6 is 0 Å². The number of hydrogen-bond donors (Lipinski definition) is 1. The fourth-order valence-corrected chi connectivity index (χ4v) is 4.09. The Balaban J connectivity index is 2.23. The Kier molecular flexibility index (Phi) is 6.57. The lowest BCUT2D eigenvalue weighted by molar-refractivity contribution is -0.0500. The number of benzene rings is 2. The van der Waals surface area contributed by atoms with Gasteiger partial charge in [0.2, 0.25) is 0 Å². The second-order valence-corrected chi connectivity index (χ2v) is 8.97. The number of rotatable bonds is 7. The summed E-state index contributed by atoms with van der Waals surface area (Å²) >= 11 is 0. The van der Waals surface area contributed by atoms with Gasteiger partial charge in [-0.3, -0.25) is 9.59 Å². The molecule has 0 aliphatic heterocycles. The van der Waals surface area contributed by atoms with E-state index in [1.807, 2.05) is 13.0 Å². The van der Waals surface area contributed by atoms with Gasteiger partial charge in [0, 0.05) is 22.2 Å². The van der Waals surface area contributed by atoms with E-state index in [2.05, 4.69) is 9.17 Å². The van der Waals surface area contributed by atoms with E-state index in [4.69, 9.17) is 5.26 Å². The standard InChI is InChI=1S/C23H19F3N2O5S/c1-4-14-9-20(33-34(31,32)23(24,25)26)16(12(3)29)10-17(14)22(30)21-15-7-6-13(11-27)8-19(15)28-18(21)5-2/h6-10,28H,4-5H2,1-3H3. The van der Waals surface area contributed by atoms with Gasteiger partial charge in [0.05, 0.1) is 22.8 Å². The lowest BCUT2D eigenvalue weighted by atomic mass is 9.91. The number of hydrogen-bond acceptors (Lipinski definition) is 6. The SMILES string of the molecule is CCc1cc(OS(=O)(=O)C(F)(F)F)c(C(C)=O)cc1C(=O)c1c(CC)[nH]c2cc(C#N)ccc12. The van der Waals surface area contributed by atoms with Gasteiger partial charge in [0.25, 0.3) is 0 Å². The normalized spacial score (nSPS) is 11.9. The van der Waals surface area contributed by atoms with E-state index in [0.717, 1.165) is 19.1 Å². The van der Waals surface area contributed by atoms with Crippen molar-refractivity contribution >= 4 is 32.6 Å². The molecule has 0 radical (unpaired) electrons. The van der Waals surface area contributed by atoms with Crippen LogP contribution in [0, 0.1) is 11.3 Å². The van der Waals surface area contributed by atoms with Gasteiger partial charge in [-0.2, -0.15) is 26.9 Å². The van der Waals surface area contributed by atoms with Crippen molar-refractivity contribution in [2.45, 2.75) is 39.1 Å². The molecule has 0 bridgehead atoms. The topological polar surface area (TPSA) is 117 Å². The fourth-order valence-electron chi connectivity index (χ4n) is 3.62. The number of halogens is 3. The summed E-state index contributed by atoms with van der Waals surface area (Å²) in [5.74, 6) is -2.08. The van der Waals surface area contributed by atoms with Crippen LogP contribution < -0.4 is 4.18 Å². The van der Waals surface area contributed by atoms with E-state index in [1.165, 1.54) is 0 Å². The molecule has 1 heterocycles. The summed E-state index contributed by atoms with van der Waals surface area (Å²) < 4.78 is 65.8. The molecule has 7 nitrogen and oxygen atoms in total. The van der Waals surface area contributed by atoms with Gasteiger partial charge in [0.1, 0.15) is 0 Å². The van der Waals surface area contributed by atoms with Crippen molar-refractivity contribution in [3.8, 4) is 11.8 Å². The zero-order valence-corrected chi connectivity index (χ0v) is 19.1. The molecule has 0 amide bonds. The predicted molar refractivity (Wildman–Crippen MR) is 117 cm³/mol. The van der Waals surface area contributed by atoms with Crippen LogP contribution in [0.4, 0.5) is 13.2 Å². The number of nitriles is 1. The average molecular weight is 492 g/mol. The number of carbonyl (C=O) groups excluding carboxylic acids is 2. The van der Waals surface area contributed by atoms with Gasteiger partial charge in [-0.25, -0.2) is 0 Å². The number of aryl methyl sites for hydroxylation is 2. The molecular weight excluding hydrogens is 473 g/mol. The minimum absolute atomic E-state index is 0.0319. The molecule has 2 aromatic carbocycles. The summed E-state index contributed by atoms with van der Waals surface area (Å²) in [6.07, 6.45) is 0.577. The van der Waals surface area contributed by atoms with E-state index in [0.29, 0.717) is 34.1 Å². The Hall–Kier alpha value is -3.65. The van der Waals surface area contributed by atoms with E-state index < -0.39 is 38.5 Å². The minimum Gasteiger partial charge on any atom is -0.375 e. The highest BCUT2D eigenvalue weighted by atomic mass is 32.2. The molecule has 3 rings (SSSR count). The maximum absolute atomic E-state index is 13.6. The third kappa shape index (κ3) is 4.41. The van der Waals surface area contributed by atoms with Crippen molar-refractivity contribution in [1.29, 1.82) is 5.26 Å². The number of H-pyrrole nitrogens is 1. The molecule has 0 spiro atoms. The van der Waals surface area contributed by atoms with Gasteiger partial charge < -0.3 is 9.17 Å². The Morgan fingerprint density at radius 1 is 1.09 bits per heavy atom. The van der Waals surface area contributed by atoms with Crippen LogP contribution in [0.2, 0.25) is 0 Å². The quantitative estimate of drug-likeness (QED) is 0.287. The van der Waals surface area contributed by atoms with E-state index in [1.54, 1.807) is 25.1 Å². The summed E-state index contributed by atoms with van der Waals surface area (Å²) in [4.78, 5) is 28.9. The Labute approximate surface area is 193 Å². The van der Waals surface area contributed by atoms with Gasteiger partial charge in [0.15, 0.2) is 17.3 Å². The van der Waals surface area contributed by atoms with Crippen molar-refractivity contribution in [3.63, 3.8) is 0 Å². The fraction of sp³-hybridized carbons (Fsp3) is 0.261. The largest absolute Gasteiger partial charge is 0.534 e. The first kappa shape index (κ1) is 25.0. The summed E-state index contributed by atoms with van der Waals surface area (Å²) in [6.45, 7) is 4.46. The first-order valence-corrected chi connectivity index (χ1v) is 11.5. The molecule has 34 heavy (non-hydrogen) atoms. The zero-order valence-electron chi connectivity index (χ0n) is 18.3. The van der Waals surface area contributed by atoms with Crippen molar-refractivity contribution in [2.75, 3.05) is 0 Å². The summed E-state index contributed by atoms with van der Waals surface area (Å²) in [6, 6.07) is 8.80. The number of ketones is 2. The van der Waals surface area contributed by atoms with Crippen molar-refractivity contribution < 1.29 is 35.4 Å². The van der Waals surface area contributed by atoms with Crippen LogP contribution in [-0.2, 0) is 23.0 Å². The molecular formula is C23H19F3N2O5S. The van der Waals surface area contributed by atoms with Crippen LogP contribution in [0.1, 0.15) is 63.9 Å². The number of aromatic nitrogens is 1. The molecule has 1 N–H and O–H groups in total. The second-order valence-electron chi connectivity index (χ2n) is 7.43. The number of alkyl halides is 3. The molecule has 3 aromatic rings. The van der Waals surface area contributed by atoms with Crippen LogP contribution in [0.3, 0.4) is 0 Å². The van der Waals surface area contributed by atoms with Crippen LogP contribution in [0.5, 0.6) is 5.75 Å². The van der Waals surface area contributed by atoms with Gasteiger partial charge in [-0.15, -0.1) is 0 Å². The number of Topliss-reactive ketones (excluding diaryl/α,β-unsaturated/α-hetero) is 1. The average Bonchev–Trinajstić information content (AvgIpc) is 3.14. The molecule has 0 aliphatic carbocycles. The molecule has 0 fully saturated rings. The lowest BCUT2D eigenvalue weighted by Crippen LogP contribution is -2.28. The highest BCUT2D eigenvalue weighted by Crippen LogP contribution is 2.34. The Morgan fingerprint density at radius 2 is 1.76 bits per heavy atom. The van der Waals surface area contributed by atoms with E-state index in [-0.39, 0.29) is 17.5 Å². The summed E-state index contributed by atoms with van der Waals surface area (Å²) in [5, 5.41) is 9.67. The molecule has 0 aliphatic rings. The number of aromatic amines is 1. The third-order valence-electron chi connectivity index (χ3n) is 5.28. The van der Waals surface area contributed by atoms with Gasteiger partial charge >= 0.3 is 15.6 Å². The number of nitrogens with one attached hydrogen (secondary N) is 1. The minimum atomic E-state index is -6.02. The highest BCUT2D eigenvalue weighted by Gasteiger charge is 2.49. The monoisotopic (exact) mass is 492 g/mol. The van der Waals surface area contributed by atoms with E-state index in [9.17, 15) is 31.2 Å². The number of nitrogens with zero attached hydrogens (tertiary/aromatic N) is 1. The summed E-state index contributed by atoms with van der Waals surface area (Å²) in [7, 11) is -6.02. The second kappa shape index (κ2) is 8.95. The zero-order chi connectivity index (χ0) is 25.4. The Bertz CT molecular complexity index is 1460. The molecule has 0 atom stereocenters. The summed E-state index contributed by atoms with van der Waals surface area (Å²) in [5.41, 5.74) is -4.13. The van der Waals surface area contributed by atoms with Gasteiger partial charge in [-0.05, 0) is 49.6 Å². The maximum atomic E-state index is 13.6. The van der Waals surface area contributed by atoms with E-state index >= 15 is 0 Å². The molecule has 0 saturated heterocycles. The molecule has 0 saturated carbocycles. The number of carbonyl (C=O) groups is 2. The maximum Gasteiger partial charge on any atom is 0.534 e. The molecule has 1 aromatic heterocycles. The lowest BCUT2D eigenvalue weighted by Gasteiger charge is -2.16. The first-order chi connectivity index (χ1) is 15.8. The number of fused-ring (bicyclic) bond motifs is 1. The first-order valence-electron chi connectivity index (χ1n) is 10.1. The van der Waals surface area contributed by atoms with Crippen molar-refractivity contribution in [2.24, 2.45) is 0 Å². The smallest absolute Gasteiger partial charge is 0.375 e. The predicted octanol–water partition coefficient (Wildman–Crippen LogP) is 4.83. The molecule has 178 valence electrons. The van der Waals surface area contributed by atoms with Crippen molar-refractivity contribution in [3.05, 3.63) is 63.8 Å².